The minimum Gasteiger partial charge on any atom is -0.378 e. The van der Waals surface area contributed by atoms with Crippen molar-refractivity contribution in [1.29, 1.82) is 0 Å². The van der Waals surface area contributed by atoms with Crippen LogP contribution in [0.25, 0.3) is 16.5 Å². The summed E-state index contributed by atoms with van der Waals surface area (Å²) in [5.41, 5.74) is 5.42. The average molecular weight is 490 g/mol. The lowest BCUT2D eigenvalue weighted by atomic mass is 10.0. The van der Waals surface area contributed by atoms with Crippen LogP contribution in [0.2, 0.25) is 0 Å². The predicted octanol–water partition coefficient (Wildman–Crippen LogP) is 6.27. The summed E-state index contributed by atoms with van der Waals surface area (Å²) in [4.78, 5) is 9.02. The van der Waals surface area contributed by atoms with Gasteiger partial charge in [0.25, 0.3) is 0 Å². The molecular weight excluding hydrogens is 462 g/mol. The molecule has 36 heavy (non-hydrogen) atoms. The van der Waals surface area contributed by atoms with Crippen LogP contribution in [0.4, 0.5) is 11.4 Å². The van der Waals surface area contributed by atoms with Gasteiger partial charge in [-0.25, -0.2) is 0 Å². The van der Waals surface area contributed by atoms with Crippen LogP contribution < -0.4 is 15.1 Å². The maximum absolute atomic E-state index is 5.93. The number of benzene rings is 3. The first-order valence-electron chi connectivity index (χ1n) is 12.0. The van der Waals surface area contributed by atoms with E-state index in [1.54, 1.807) is 0 Å². The second-order valence-corrected chi connectivity index (χ2v) is 9.63. The van der Waals surface area contributed by atoms with Crippen LogP contribution in [0.3, 0.4) is 0 Å². The first-order chi connectivity index (χ1) is 17.6. The topological polar surface area (TPSA) is 36.3 Å². The molecule has 1 fully saturated rings. The Labute approximate surface area is 216 Å². The van der Waals surface area contributed by atoms with Gasteiger partial charge >= 0.3 is 0 Å². The van der Waals surface area contributed by atoms with Crippen LogP contribution in [0.5, 0.6) is 0 Å². The van der Waals surface area contributed by atoms with Crippen molar-refractivity contribution in [1.82, 2.24) is 14.9 Å². The van der Waals surface area contributed by atoms with Gasteiger partial charge in [0.1, 0.15) is 6.04 Å². The Hall–Kier alpha value is -4.16. The number of fused-ring (bicyclic) bond motifs is 1. The van der Waals surface area contributed by atoms with Crippen LogP contribution in [0, 0.1) is 0 Å². The first-order valence-corrected chi connectivity index (χ1v) is 12.5. The minimum absolute atomic E-state index is 0.0842. The number of rotatable bonds is 5. The van der Waals surface area contributed by atoms with Crippen molar-refractivity contribution >= 4 is 39.5 Å². The summed E-state index contributed by atoms with van der Waals surface area (Å²) in [6.45, 7) is 0. The molecule has 178 valence electrons. The number of nitrogens with zero attached hydrogens (tertiary/aromatic N) is 4. The Balaban J connectivity index is 1.49. The van der Waals surface area contributed by atoms with Gasteiger partial charge in [-0.05, 0) is 83.7 Å². The molecular formula is C30H27N5S. The number of pyridine rings is 1. The molecule has 6 heteroatoms. The Morgan fingerprint density at radius 2 is 1.56 bits per heavy atom. The summed E-state index contributed by atoms with van der Waals surface area (Å²) >= 11 is 5.93. The Kier molecular flexibility index (Phi) is 5.66. The highest BCUT2D eigenvalue weighted by Crippen LogP contribution is 2.42. The lowest BCUT2D eigenvalue weighted by molar-refractivity contribution is 0.549. The van der Waals surface area contributed by atoms with Crippen molar-refractivity contribution in [2.45, 2.75) is 12.1 Å². The highest BCUT2D eigenvalue weighted by Gasteiger charge is 2.42. The van der Waals surface area contributed by atoms with Gasteiger partial charge in [-0.1, -0.05) is 36.4 Å². The zero-order chi connectivity index (χ0) is 24.6. The van der Waals surface area contributed by atoms with E-state index in [0.717, 1.165) is 28.5 Å². The van der Waals surface area contributed by atoms with Crippen LogP contribution in [-0.4, -0.2) is 28.8 Å². The van der Waals surface area contributed by atoms with E-state index in [0.29, 0.717) is 5.11 Å². The van der Waals surface area contributed by atoms with Gasteiger partial charge in [0.15, 0.2) is 5.11 Å². The Morgan fingerprint density at radius 1 is 0.806 bits per heavy atom. The number of aromatic nitrogens is 2. The normalized spacial score (nSPS) is 17.4. The van der Waals surface area contributed by atoms with Gasteiger partial charge in [-0.2, -0.15) is 0 Å². The van der Waals surface area contributed by atoms with E-state index in [9.17, 15) is 0 Å². The van der Waals surface area contributed by atoms with Gasteiger partial charge < -0.3 is 19.7 Å². The van der Waals surface area contributed by atoms with Gasteiger partial charge in [0, 0.05) is 49.2 Å². The number of hydrogen-bond donors (Lipinski definition) is 1. The van der Waals surface area contributed by atoms with Gasteiger partial charge in [-0.15, -0.1) is 0 Å². The number of nitrogens with one attached hydrogen (secondary N) is 1. The highest BCUT2D eigenvalue weighted by molar-refractivity contribution is 7.80. The van der Waals surface area contributed by atoms with Crippen molar-refractivity contribution in [2.24, 2.45) is 0 Å². The monoisotopic (exact) mass is 489 g/mol. The van der Waals surface area contributed by atoms with Crippen LogP contribution >= 0.6 is 12.2 Å². The van der Waals surface area contributed by atoms with E-state index in [-0.39, 0.29) is 12.1 Å². The smallest absolute Gasteiger partial charge is 0.174 e. The van der Waals surface area contributed by atoms with Crippen LogP contribution in [0.15, 0.2) is 109 Å². The fourth-order valence-electron chi connectivity index (χ4n) is 5.04. The molecule has 5 nitrogen and oxygen atoms in total. The van der Waals surface area contributed by atoms with Gasteiger partial charge in [0.2, 0.25) is 0 Å². The lowest BCUT2D eigenvalue weighted by Crippen LogP contribution is -2.30. The molecule has 1 aliphatic rings. The summed E-state index contributed by atoms with van der Waals surface area (Å²) in [6, 6.07) is 33.7. The number of hydrogen-bond acceptors (Lipinski definition) is 3. The fourth-order valence-corrected chi connectivity index (χ4v) is 5.39. The molecule has 5 aromatic rings. The summed E-state index contributed by atoms with van der Waals surface area (Å²) in [5, 5.41) is 6.71. The SMILES string of the molecule is CN(C)c1ccc(N2C(=S)N[C@@H](c3ccccn3)[C@@H]2c2cccn2-c2ccc3ccccc3c2)cc1. The molecule has 1 N–H and O–H groups in total. The maximum atomic E-state index is 5.93. The maximum Gasteiger partial charge on any atom is 0.174 e. The lowest BCUT2D eigenvalue weighted by Gasteiger charge is -2.29. The third-order valence-electron chi connectivity index (χ3n) is 6.84. The molecule has 0 spiro atoms. The van der Waals surface area contributed by atoms with Crippen molar-refractivity contribution in [2.75, 3.05) is 23.9 Å². The molecule has 6 rings (SSSR count). The predicted molar refractivity (Wildman–Crippen MR) is 152 cm³/mol. The third-order valence-corrected chi connectivity index (χ3v) is 7.15. The largest absolute Gasteiger partial charge is 0.378 e. The molecule has 1 saturated heterocycles. The second-order valence-electron chi connectivity index (χ2n) is 9.24. The molecule has 0 bridgehead atoms. The number of thiocarbonyl (C=S) groups is 1. The quantitative estimate of drug-likeness (QED) is 0.295. The molecule has 1 aliphatic heterocycles. The van der Waals surface area contributed by atoms with E-state index < -0.39 is 0 Å². The van der Waals surface area contributed by atoms with Crippen LogP contribution in [0.1, 0.15) is 23.5 Å². The highest BCUT2D eigenvalue weighted by atomic mass is 32.1. The van der Waals surface area contributed by atoms with Crippen molar-refractivity contribution in [3.8, 4) is 5.69 Å². The van der Waals surface area contributed by atoms with Crippen molar-refractivity contribution in [3.05, 3.63) is 121 Å². The fraction of sp³-hybridized carbons (Fsp3) is 0.133. The molecule has 2 atom stereocenters. The van der Waals surface area contributed by atoms with Crippen molar-refractivity contribution < 1.29 is 0 Å². The zero-order valence-corrected chi connectivity index (χ0v) is 21.1. The van der Waals surface area contributed by atoms with Gasteiger partial charge in [0.05, 0.1) is 11.7 Å². The molecule has 3 heterocycles. The average Bonchev–Trinajstić information content (AvgIpc) is 3.53. The molecule has 0 unspecified atom stereocenters. The molecule has 0 radical (unpaired) electrons. The number of anilines is 2. The summed E-state index contributed by atoms with van der Waals surface area (Å²) < 4.78 is 2.27. The van der Waals surface area contributed by atoms with Crippen molar-refractivity contribution in [3.63, 3.8) is 0 Å². The summed E-state index contributed by atoms with van der Waals surface area (Å²) in [6.07, 6.45) is 3.97. The molecule has 2 aromatic heterocycles. The standard InChI is InChI=1S/C30H27N5S/c1-33(2)23-14-16-24(17-15-23)35-29(28(32-30(35)36)26-10-5-6-18-31-26)27-11-7-19-34(27)25-13-12-21-8-3-4-9-22(21)20-25/h3-20,28-29H,1-2H3,(H,32,36)/t28-,29-/m0/s1. The third kappa shape index (κ3) is 3.89. The Bertz CT molecular complexity index is 1520. The van der Waals surface area contributed by atoms with Crippen LogP contribution in [-0.2, 0) is 0 Å². The molecule has 0 saturated carbocycles. The van der Waals surface area contributed by atoms with E-state index >= 15 is 0 Å². The van der Waals surface area contributed by atoms with E-state index in [4.69, 9.17) is 17.2 Å². The summed E-state index contributed by atoms with van der Waals surface area (Å²) in [5.74, 6) is 0. The summed E-state index contributed by atoms with van der Waals surface area (Å²) in [7, 11) is 4.10. The minimum atomic E-state index is -0.0960. The molecule has 0 aliphatic carbocycles. The zero-order valence-electron chi connectivity index (χ0n) is 20.2. The molecule has 3 aromatic carbocycles. The van der Waals surface area contributed by atoms with E-state index in [2.05, 4.69) is 111 Å². The van der Waals surface area contributed by atoms with E-state index in [1.807, 2.05) is 32.4 Å². The van der Waals surface area contributed by atoms with E-state index in [1.165, 1.54) is 10.8 Å². The molecule has 0 amide bonds. The second kappa shape index (κ2) is 9.13. The van der Waals surface area contributed by atoms with Gasteiger partial charge in [-0.3, -0.25) is 4.98 Å². The first kappa shape index (κ1) is 22.3. The Morgan fingerprint density at radius 3 is 2.31 bits per heavy atom.